The molecule has 4 nitrogen and oxygen atoms in total. The van der Waals surface area contributed by atoms with Crippen molar-refractivity contribution in [3.05, 3.63) is 17.4 Å². The highest BCUT2D eigenvalue weighted by Gasteiger charge is 2.33. The molecule has 5 heteroatoms. The molecule has 0 amide bonds. The minimum absolute atomic E-state index is 0.113. The predicted molar refractivity (Wildman–Crippen MR) is 72.7 cm³/mol. The lowest BCUT2D eigenvalue weighted by Gasteiger charge is -2.32. The SMILES string of the molecule is CCC(CO)(CCCn1cc(Cl)cn1)NC1CC1. The van der Waals surface area contributed by atoms with Crippen LogP contribution in [0.25, 0.3) is 0 Å². The molecule has 0 aromatic carbocycles. The summed E-state index contributed by atoms with van der Waals surface area (Å²) >= 11 is 5.83. The zero-order valence-electron chi connectivity index (χ0n) is 10.9. The van der Waals surface area contributed by atoms with Crippen molar-refractivity contribution >= 4 is 11.6 Å². The topological polar surface area (TPSA) is 50.1 Å². The normalized spacial score (nSPS) is 18.8. The fourth-order valence-corrected chi connectivity index (χ4v) is 2.44. The molecule has 2 rings (SSSR count). The van der Waals surface area contributed by atoms with Crippen LogP contribution >= 0.6 is 11.6 Å². The highest BCUT2D eigenvalue weighted by atomic mass is 35.5. The average Bonchev–Trinajstić information content (AvgIpc) is 3.09. The summed E-state index contributed by atoms with van der Waals surface area (Å²) in [4.78, 5) is 0. The van der Waals surface area contributed by atoms with Gasteiger partial charge in [0.15, 0.2) is 0 Å². The Morgan fingerprint density at radius 1 is 1.61 bits per heavy atom. The average molecular weight is 272 g/mol. The molecule has 0 saturated heterocycles. The van der Waals surface area contributed by atoms with Crippen molar-refractivity contribution in [2.75, 3.05) is 6.61 Å². The molecule has 1 aliphatic rings. The minimum atomic E-state index is -0.113. The van der Waals surface area contributed by atoms with E-state index in [2.05, 4.69) is 17.3 Å². The zero-order valence-corrected chi connectivity index (χ0v) is 11.7. The number of hydrogen-bond acceptors (Lipinski definition) is 3. The molecule has 0 spiro atoms. The van der Waals surface area contributed by atoms with Gasteiger partial charge in [0.2, 0.25) is 0 Å². The van der Waals surface area contributed by atoms with Crippen molar-refractivity contribution in [3.63, 3.8) is 0 Å². The van der Waals surface area contributed by atoms with Crippen LogP contribution in [0.4, 0.5) is 0 Å². The Bertz CT molecular complexity index is 372. The van der Waals surface area contributed by atoms with Gasteiger partial charge in [-0.15, -0.1) is 0 Å². The quantitative estimate of drug-likeness (QED) is 0.762. The van der Waals surface area contributed by atoms with Gasteiger partial charge in [0.1, 0.15) is 0 Å². The lowest BCUT2D eigenvalue weighted by Crippen LogP contribution is -2.49. The Morgan fingerprint density at radius 2 is 2.39 bits per heavy atom. The maximum absolute atomic E-state index is 9.65. The molecule has 18 heavy (non-hydrogen) atoms. The molecule has 2 N–H and O–H groups in total. The van der Waals surface area contributed by atoms with Gasteiger partial charge in [0.25, 0.3) is 0 Å². The van der Waals surface area contributed by atoms with Crippen LogP contribution in [0.5, 0.6) is 0 Å². The summed E-state index contributed by atoms with van der Waals surface area (Å²) in [6, 6.07) is 0.622. The molecule has 0 aliphatic heterocycles. The Kier molecular flexibility index (Phi) is 4.65. The second-order valence-electron chi connectivity index (χ2n) is 5.24. The molecule has 102 valence electrons. The van der Waals surface area contributed by atoms with Gasteiger partial charge in [-0.3, -0.25) is 4.68 Å². The first-order chi connectivity index (χ1) is 8.67. The summed E-state index contributed by atoms with van der Waals surface area (Å²) in [6.45, 7) is 3.19. The van der Waals surface area contributed by atoms with Crippen molar-refractivity contribution in [2.24, 2.45) is 0 Å². The maximum atomic E-state index is 9.65. The van der Waals surface area contributed by atoms with Gasteiger partial charge in [-0.25, -0.2) is 0 Å². The van der Waals surface area contributed by atoms with E-state index in [-0.39, 0.29) is 12.1 Å². The van der Waals surface area contributed by atoms with Crippen LogP contribution in [0.3, 0.4) is 0 Å². The Morgan fingerprint density at radius 3 is 2.89 bits per heavy atom. The second-order valence-corrected chi connectivity index (χ2v) is 5.67. The van der Waals surface area contributed by atoms with Crippen molar-refractivity contribution in [2.45, 2.75) is 57.2 Å². The number of rotatable bonds is 8. The molecule has 1 aliphatic carbocycles. The fraction of sp³-hybridized carbons (Fsp3) is 0.769. The smallest absolute Gasteiger partial charge is 0.0785 e. The highest BCUT2D eigenvalue weighted by Crippen LogP contribution is 2.27. The van der Waals surface area contributed by atoms with Gasteiger partial charge in [-0.1, -0.05) is 18.5 Å². The van der Waals surface area contributed by atoms with Gasteiger partial charge in [-0.2, -0.15) is 5.10 Å². The molecule has 1 heterocycles. The van der Waals surface area contributed by atoms with Gasteiger partial charge in [-0.05, 0) is 32.1 Å². The predicted octanol–water partition coefficient (Wildman–Crippen LogP) is 2.21. The second kappa shape index (κ2) is 6.04. The number of aryl methyl sites for hydroxylation is 1. The van der Waals surface area contributed by atoms with Crippen LogP contribution in [-0.2, 0) is 6.54 Å². The van der Waals surface area contributed by atoms with E-state index in [1.807, 2.05) is 10.9 Å². The fourth-order valence-electron chi connectivity index (χ4n) is 2.29. The molecule has 0 radical (unpaired) electrons. The zero-order chi connectivity index (χ0) is 13.0. The molecule has 1 aromatic heterocycles. The van der Waals surface area contributed by atoms with E-state index in [0.717, 1.165) is 25.8 Å². The van der Waals surface area contributed by atoms with Crippen LogP contribution in [-0.4, -0.2) is 33.1 Å². The molecule has 1 aromatic rings. The molecule has 0 bridgehead atoms. The van der Waals surface area contributed by atoms with Crippen molar-refractivity contribution in [1.29, 1.82) is 0 Å². The van der Waals surface area contributed by atoms with Crippen LogP contribution in [0.15, 0.2) is 12.4 Å². The van der Waals surface area contributed by atoms with E-state index in [9.17, 15) is 5.11 Å². The number of aliphatic hydroxyl groups is 1. The van der Waals surface area contributed by atoms with Gasteiger partial charge < -0.3 is 10.4 Å². The third kappa shape index (κ3) is 3.70. The monoisotopic (exact) mass is 271 g/mol. The standard InChI is InChI=1S/C13H22ClN3O/c1-2-13(10-18,16-12-4-5-12)6-3-7-17-9-11(14)8-15-17/h8-9,12,16,18H,2-7,10H2,1H3. The van der Waals surface area contributed by atoms with Crippen LogP contribution in [0.1, 0.15) is 39.0 Å². The summed E-state index contributed by atoms with van der Waals surface area (Å²) in [5.74, 6) is 0. The van der Waals surface area contributed by atoms with E-state index < -0.39 is 0 Å². The Hall–Kier alpha value is -0.580. The third-order valence-electron chi connectivity index (χ3n) is 3.71. The molecule has 1 fully saturated rings. The molecule has 1 unspecified atom stereocenters. The number of halogens is 1. The highest BCUT2D eigenvalue weighted by molar-refractivity contribution is 6.30. The van der Waals surface area contributed by atoms with Crippen LogP contribution < -0.4 is 5.32 Å². The number of aromatic nitrogens is 2. The maximum Gasteiger partial charge on any atom is 0.0785 e. The van der Waals surface area contributed by atoms with E-state index in [1.165, 1.54) is 12.8 Å². The number of nitrogens with zero attached hydrogens (tertiary/aromatic N) is 2. The Balaban J connectivity index is 1.81. The van der Waals surface area contributed by atoms with E-state index in [1.54, 1.807) is 6.20 Å². The number of hydrogen-bond donors (Lipinski definition) is 2. The third-order valence-corrected chi connectivity index (χ3v) is 3.91. The molecular weight excluding hydrogens is 250 g/mol. The van der Waals surface area contributed by atoms with Gasteiger partial charge in [0, 0.05) is 24.3 Å². The summed E-state index contributed by atoms with van der Waals surface area (Å²) < 4.78 is 1.86. The largest absolute Gasteiger partial charge is 0.394 e. The first-order valence-electron chi connectivity index (χ1n) is 6.74. The lowest BCUT2D eigenvalue weighted by molar-refractivity contribution is 0.140. The molecule has 1 atom stereocenters. The van der Waals surface area contributed by atoms with Crippen molar-refractivity contribution in [1.82, 2.24) is 15.1 Å². The number of nitrogens with one attached hydrogen (secondary N) is 1. The molecule has 1 saturated carbocycles. The first-order valence-corrected chi connectivity index (χ1v) is 7.12. The first kappa shape index (κ1) is 13.8. The summed E-state index contributed by atoms with van der Waals surface area (Å²) in [7, 11) is 0. The minimum Gasteiger partial charge on any atom is -0.394 e. The van der Waals surface area contributed by atoms with E-state index in [4.69, 9.17) is 11.6 Å². The number of aliphatic hydroxyl groups excluding tert-OH is 1. The molecular formula is C13H22ClN3O. The summed E-state index contributed by atoms with van der Waals surface area (Å²) in [6.07, 6.45) is 8.90. The lowest BCUT2D eigenvalue weighted by atomic mass is 9.91. The van der Waals surface area contributed by atoms with Crippen molar-refractivity contribution in [3.8, 4) is 0 Å². The van der Waals surface area contributed by atoms with Crippen LogP contribution in [0, 0.1) is 0 Å². The summed E-state index contributed by atoms with van der Waals surface area (Å²) in [5, 5.41) is 18.1. The summed E-state index contributed by atoms with van der Waals surface area (Å²) in [5.41, 5.74) is -0.113. The van der Waals surface area contributed by atoms with E-state index >= 15 is 0 Å². The van der Waals surface area contributed by atoms with Crippen LogP contribution in [0.2, 0.25) is 5.02 Å². The van der Waals surface area contributed by atoms with Crippen molar-refractivity contribution < 1.29 is 5.11 Å². The van der Waals surface area contributed by atoms with E-state index in [0.29, 0.717) is 11.1 Å². The van der Waals surface area contributed by atoms with Gasteiger partial charge >= 0.3 is 0 Å². The van der Waals surface area contributed by atoms with Gasteiger partial charge in [0.05, 0.1) is 17.8 Å². The Labute approximate surface area is 113 Å².